The van der Waals surface area contributed by atoms with Crippen LogP contribution in [-0.2, 0) is 0 Å². The van der Waals surface area contributed by atoms with E-state index < -0.39 is 0 Å². The first-order chi connectivity index (χ1) is 17.2. The Kier molecular flexibility index (Phi) is 35.9. The van der Waals surface area contributed by atoms with E-state index in [9.17, 15) is 0 Å². The molecule has 35 heavy (non-hydrogen) atoms. The second kappa shape index (κ2) is 33.9. The van der Waals surface area contributed by atoms with E-state index >= 15 is 0 Å². The SMILES string of the molecule is CCCCCCN(CCCCCC)CCCCCC.CCCCCN(CCCCC)CCCCC. The van der Waals surface area contributed by atoms with Crippen molar-refractivity contribution in [1.29, 1.82) is 0 Å². The quantitative estimate of drug-likeness (QED) is 0.104. The zero-order valence-electron chi connectivity index (χ0n) is 26.0. The average molecular weight is 497 g/mol. The van der Waals surface area contributed by atoms with E-state index in [1.54, 1.807) is 0 Å². The Morgan fingerprint density at radius 1 is 0.229 bits per heavy atom. The van der Waals surface area contributed by atoms with E-state index in [1.165, 1.54) is 174 Å². The van der Waals surface area contributed by atoms with E-state index in [0.717, 1.165) is 0 Å². The summed E-state index contributed by atoms with van der Waals surface area (Å²) in [6, 6.07) is 0. The Balaban J connectivity index is 0. The average Bonchev–Trinajstić information content (AvgIpc) is 2.87. The molecule has 0 atom stereocenters. The van der Waals surface area contributed by atoms with Gasteiger partial charge in [-0.2, -0.15) is 0 Å². The van der Waals surface area contributed by atoms with Crippen molar-refractivity contribution in [1.82, 2.24) is 9.80 Å². The molecule has 0 saturated carbocycles. The molecule has 0 bridgehead atoms. The van der Waals surface area contributed by atoms with Gasteiger partial charge in [0.05, 0.1) is 0 Å². The fraction of sp³-hybridized carbons (Fsp3) is 1.00. The molecular weight excluding hydrogens is 424 g/mol. The summed E-state index contributed by atoms with van der Waals surface area (Å²) < 4.78 is 0. The van der Waals surface area contributed by atoms with Crippen molar-refractivity contribution in [3.63, 3.8) is 0 Å². The summed E-state index contributed by atoms with van der Waals surface area (Å²) in [5.41, 5.74) is 0. The highest BCUT2D eigenvalue weighted by Crippen LogP contribution is 2.08. The van der Waals surface area contributed by atoms with Crippen LogP contribution in [0.4, 0.5) is 0 Å². The van der Waals surface area contributed by atoms with Gasteiger partial charge in [-0.1, -0.05) is 138 Å². The third-order valence-electron chi connectivity index (χ3n) is 7.22. The number of hydrogen-bond acceptors (Lipinski definition) is 2. The highest BCUT2D eigenvalue weighted by molar-refractivity contribution is 4.60. The van der Waals surface area contributed by atoms with Crippen molar-refractivity contribution in [3.05, 3.63) is 0 Å². The van der Waals surface area contributed by atoms with Crippen LogP contribution in [-0.4, -0.2) is 49.1 Å². The monoisotopic (exact) mass is 497 g/mol. The van der Waals surface area contributed by atoms with Crippen molar-refractivity contribution in [3.8, 4) is 0 Å². The normalized spacial score (nSPS) is 11.3. The van der Waals surface area contributed by atoms with Gasteiger partial charge in [0.1, 0.15) is 0 Å². The second-order valence-corrected chi connectivity index (χ2v) is 11.0. The largest absolute Gasteiger partial charge is 0.303 e. The molecule has 0 heterocycles. The zero-order valence-corrected chi connectivity index (χ0v) is 26.0. The molecule has 2 heteroatoms. The lowest BCUT2D eigenvalue weighted by Gasteiger charge is -2.22. The highest BCUT2D eigenvalue weighted by Gasteiger charge is 2.05. The summed E-state index contributed by atoms with van der Waals surface area (Å²) in [6.45, 7) is 21.8. The fourth-order valence-corrected chi connectivity index (χ4v) is 4.71. The van der Waals surface area contributed by atoms with E-state index in [1.807, 2.05) is 0 Å². The predicted octanol–water partition coefficient (Wildman–Crippen LogP) is 10.9. The number of hydrogen-bond donors (Lipinski definition) is 0. The summed E-state index contributed by atoms with van der Waals surface area (Å²) >= 11 is 0. The number of unbranched alkanes of at least 4 members (excludes halogenated alkanes) is 15. The van der Waals surface area contributed by atoms with Gasteiger partial charge in [0.2, 0.25) is 0 Å². The Bertz CT molecular complexity index is 292. The molecule has 0 fully saturated rings. The van der Waals surface area contributed by atoms with Crippen molar-refractivity contribution in [2.75, 3.05) is 39.3 Å². The lowest BCUT2D eigenvalue weighted by molar-refractivity contribution is 0.255. The molecule has 0 spiro atoms. The predicted molar refractivity (Wildman–Crippen MR) is 164 cm³/mol. The van der Waals surface area contributed by atoms with Crippen LogP contribution in [0.3, 0.4) is 0 Å². The van der Waals surface area contributed by atoms with Gasteiger partial charge in [0, 0.05) is 0 Å². The van der Waals surface area contributed by atoms with Gasteiger partial charge in [-0.05, 0) is 77.8 Å². The van der Waals surface area contributed by atoms with Crippen LogP contribution in [0.1, 0.15) is 176 Å². The Labute approximate surface area is 225 Å². The van der Waals surface area contributed by atoms with Crippen LogP contribution < -0.4 is 0 Å². The first kappa shape index (κ1) is 37.1. The van der Waals surface area contributed by atoms with E-state index in [4.69, 9.17) is 0 Å². The summed E-state index contributed by atoms with van der Waals surface area (Å²) in [6.07, 6.45) is 29.3. The van der Waals surface area contributed by atoms with Gasteiger partial charge < -0.3 is 9.80 Å². The van der Waals surface area contributed by atoms with Crippen LogP contribution in [0.25, 0.3) is 0 Å². The van der Waals surface area contributed by atoms with Gasteiger partial charge in [0.25, 0.3) is 0 Å². The third kappa shape index (κ3) is 31.9. The summed E-state index contributed by atoms with van der Waals surface area (Å²) in [5.74, 6) is 0. The molecule has 0 aromatic rings. The molecule has 0 aromatic heterocycles. The topological polar surface area (TPSA) is 6.48 Å². The minimum Gasteiger partial charge on any atom is -0.303 e. The standard InChI is InChI=1S/C18H39N.C15H33N/c1-4-7-10-13-16-19(17-14-11-8-5-2)18-15-12-9-6-3;1-4-7-10-13-16(14-11-8-5-2)15-12-9-6-3/h4-18H2,1-3H3;4-15H2,1-3H3. The molecule has 0 N–H and O–H groups in total. The lowest BCUT2D eigenvalue weighted by atomic mass is 10.1. The van der Waals surface area contributed by atoms with Crippen LogP contribution in [0.2, 0.25) is 0 Å². The first-order valence-corrected chi connectivity index (χ1v) is 16.6. The van der Waals surface area contributed by atoms with Crippen LogP contribution in [0.15, 0.2) is 0 Å². The molecular formula is C33H72N2. The molecule has 0 aliphatic carbocycles. The molecule has 0 aliphatic heterocycles. The maximum atomic E-state index is 2.74. The summed E-state index contributed by atoms with van der Waals surface area (Å²) in [4.78, 5) is 5.43. The molecule has 214 valence electrons. The van der Waals surface area contributed by atoms with Gasteiger partial charge in [-0.15, -0.1) is 0 Å². The molecule has 0 unspecified atom stereocenters. The Morgan fingerprint density at radius 2 is 0.400 bits per heavy atom. The lowest BCUT2D eigenvalue weighted by Crippen LogP contribution is -2.27. The zero-order chi connectivity index (χ0) is 26.2. The highest BCUT2D eigenvalue weighted by atomic mass is 15.1. The first-order valence-electron chi connectivity index (χ1n) is 16.6. The Hall–Kier alpha value is -0.0800. The van der Waals surface area contributed by atoms with Gasteiger partial charge in [0.15, 0.2) is 0 Å². The molecule has 0 aliphatic rings. The molecule has 0 amide bonds. The minimum absolute atomic E-state index is 1.33. The smallest absolute Gasteiger partial charge is 0.00187 e. The Morgan fingerprint density at radius 3 is 0.600 bits per heavy atom. The van der Waals surface area contributed by atoms with Crippen molar-refractivity contribution in [2.24, 2.45) is 0 Å². The maximum Gasteiger partial charge on any atom is -0.00187 e. The van der Waals surface area contributed by atoms with Gasteiger partial charge in [-0.25, -0.2) is 0 Å². The van der Waals surface area contributed by atoms with E-state index in [-0.39, 0.29) is 0 Å². The maximum absolute atomic E-state index is 2.74. The van der Waals surface area contributed by atoms with Crippen molar-refractivity contribution >= 4 is 0 Å². The van der Waals surface area contributed by atoms with E-state index in [0.29, 0.717) is 0 Å². The van der Waals surface area contributed by atoms with Crippen LogP contribution >= 0.6 is 0 Å². The van der Waals surface area contributed by atoms with Crippen LogP contribution in [0.5, 0.6) is 0 Å². The minimum atomic E-state index is 1.33. The fourth-order valence-electron chi connectivity index (χ4n) is 4.71. The molecule has 0 saturated heterocycles. The number of nitrogens with zero attached hydrogens (tertiary/aromatic N) is 2. The summed E-state index contributed by atoms with van der Waals surface area (Å²) in [7, 11) is 0. The number of rotatable bonds is 27. The van der Waals surface area contributed by atoms with Gasteiger partial charge in [-0.3, -0.25) is 0 Å². The molecule has 0 aromatic carbocycles. The van der Waals surface area contributed by atoms with Gasteiger partial charge >= 0.3 is 0 Å². The molecule has 0 rings (SSSR count). The summed E-state index contributed by atoms with van der Waals surface area (Å²) in [5, 5.41) is 0. The molecule has 2 nitrogen and oxygen atoms in total. The third-order valence-corrected chi connectivity index (χ3v) is 7.22. The van der Waals surface area contributed by atoms with Crippen LogP contribution in [0, 0.1) is 0 Å². The molecule has 0 radical (unpaired) electrons. The van der Waals surface area contributed by atoms with E-state index in [2.05, 4.69) is 51.3 Å². The van der Waals surface area contributed by atoms with Crippen molar-refractivity contribution < 1.29 is 0 Å². The van der Waals surface area contributed by atoms with Crippen molar-refractivity contribution in [2.45, 2.75) is 176 Å². The second-order valence-electron chi connectivity index (χ2n) is 11.0.